The molecular formula is C8H10N4O3. The van der Waals surface area contributed by atoms with Crippen LogP contribution in [-0.4, -0.2) is 40.0 Å². The number of nitrogens with one attached hydrogen (secondary N) is 1. The molecule has 80 valence electrons. The fraction of sp³-hybridized carbons (Fsp3) is 0.375. The van der Waals surface area contributed by atoms with Crippen molar-refractivity contribution in [1.29, 1.82) is 0 Å². The SMILES string of the molecule is O=C(O)Cn1cc(N2CCNC2=O)cn1. The summed E-state index contributed by atoms with van der Waals surface area (Å²) in [6.07, 6.45) is 3.02. The second-order valence-corrected chi connectivity index (χ2v) is 3.17. The molecule has 2 N–H and O–H groups in total. The highest BCUT2D eigenvalue weighted by Crippen LogP contribution is 2.14. The van der Waals surface area contributed by atoms with Crippen LogP contribution in [0.3, 0.4) is 0 Å². The third kappa shape index (κ3) is 1.90. The Kier molecular flexibility index (Phi) is 2.28. The van der Waals surface area contributed by atoms with Crippen LogP contribution in [0.2, 0.25) is 0 Å². The maximum absolute atomic E-state index is 11.3. The van der Waals surface area contributed by atoms with Gasteiger partial charge in [-0.3, -0.25) is 14.4 Å². The first-order valence-corrected chi connectivity index (χ1v) is 4.46. The molecule has 1 aromatic rings. The number of carboxylic acids is 1. The van der Waals surface area contributed by atoms with Gasteiger partial charge in [-0.05, 0) is 0 Å². The fourth-order valence-electron chi connectivity index (χ4n) is 1.44. The highest BCUT2D eigenvalue weighted by molar-refractivity contribution is 5.93. The van der Waals surface area contributed by atoms with E-state index in [9.17, 15) is 9.59 Å². The number of hydrogen-bond donors (Lipinski definition) is 2. The van der Waals surface area contributed by atoms with Crippen LogP contribution in [0.5, 0.6) is 0 Å². The van der Waals surface area contributed by atoms with Crippen LogP contribution in [-0.2, 0) is 11.3 Å². The molecule has 0 saturated carbocycles. The van der Waals surface area contributed by atoms with Crippen LogP contribution in [0, 0.1) is 0 Å². The summed E-state index contributed by atoms with van der Waals surface area (Å²) in [7, 11) is 0. The Labute approximate surface area is 85.3 Å². The summed E-state index contributed by atoms with van der Waals surface area (Å²) in [5, 5.41) is 15.0. The zero-order chi connectivity index (χ0) is 10.8. The molecule has 0 radical (unpaired) electrons. The van der Waals surface area contributed by atoms with Crippen molar-refractivity contribution in [1.82, 2.24) is 15.1 Å². The first kappa shape index (κ1) is 9.50. The zero-order valence-electron chi connectivity index (χ0n) is 7.88. The van der Waals surface area contributed by atoms with Gasteiger partial charge >= 0.3 is 12.0 Å². The standard InChI is InChI=1S/C8H10N4O3/c13-7(14)5-11-4-6(3-10-11)12-2-1-9-8(12)15/h3-4H,1-2,5H2,(H,9,15)(H,13,14). The molecule has 2 heterocycles. The van der Waals surface area contributed by atoms with Crippen molar-refractivity contribution in [2.45, 2.75) is 6.54 Å². The Hall–Kier alpha value is -2.05. The monoisotopic (exact) mass is 210 g/mol. The second kappa shape index (κ2) is 3.60. The number of carbonyl (C=O) groups is 2. The van der Waals surface area contributed by atoms with Crippen molar-refractivity contribution in [2.75, 3.05) is 18.0 Å². The third-order valence-electron chi connectivity index (χ3n) is 2.09. The highest BCUT2D eigenvalue weighted by atomic mass is 16.4. The third-order valence-corrected chi connectivity index (χ3v) is 2.09. The number of aliphatic carboxylic acids is 1. The number of anilines is 1. The first-order valence-electron chi connectivity index (χ1n) is 4.46. The Morgan fingerprint density at radius 2 is 2.47 bits per heavy atom. The minimum Gasteiger partial charge on any atom is -0.480 e. The minimum absolute atomic E-state index is 0.176. The molecule has 7 heteroatoms. The highest BCUT2D eigenvalue weighted by Gasteiger charge is 2.22. The van der Waals surface area contributed by atoms with Crippen molar-refractivity contribution in [2.24, 2.45) is 0 Å². The quantitative estimate of drug-likeness (QED) is 0.703. The van der Waals surface area contributed by atoms with Gasteiger partial charge in [0, 0.05) is 19.3 Å². The second-order valence-electron chi connectivity index (χ2n) is 3.17. The largest absolute Gasteiger partial charge is 0.480 e. The lowest BCUT2D eigenvalue weighted by molar-refractivity contribution is -0.137. The summed E-state index contributed by atoms with van der Waals surface area (Å²) in [5.74, 6) is -0.962. The summed E-state index contributed by atoms with van der Waals surface area (Å²) in [5.41, 5.74) is 0.617. The molecular weight excluding hydrogens is 200 g/mol. The van der Waals surface area contributed by atoms with Crippen LogP contribution < -0.4 is 10.2 Å². The van der Waals surface area contributed by atoms with E-state index in [4.69, 9.17) is 5.11 Å². The maximum atomic E-state index is 11.3. The number of aromatic nitrogens is 2. The van der Waals surface area contributed by atoms with E-state index in [0.717, 1.165) is 0 Å². The summed E-state index contributed by atoms with van der Waals surface area (Å²) in [6.45, 7) is 0.982. The molecule has 15 heavy (non-hydrogen) atoms. The van der Waals surface area contributed by atoms with Crippen LogP contribution in [0.4, 0.5) is 10.5 Å². The van der Waals surface area contributed by atoms with Gasteiger partial charge in [0.15, 0.2) is 0 Å². The molecule has 0 aliphatic carbocycles. The maximum Gasteiger partial charge on any atom is 0.325 e. The van der Waals surface area contributed by atoms with Crippen molar-refractivity contribution in [3.05, 3.63) is 12.4 Å². The van der Waals surface area contributed by atoms with Gasteiger partial charge in [0.2, 0.25) is 0 Å². The normalized spacial score (nSPS) is 15.5. The van der Waals surface area contributed by atoms with Gasteiger partial charge in [-0.2, -0.15) is 5.10 Å². The van der Waals surface area contributed by atoms with Gasteiger partial charge in [-0.25, -0.2) is 4.79 Å². The van der Waals surface area contributed by atoms with Crippen LogP contribution in [0.15, 0.2) is 12.4 Å². The van der Waals surface area contributed by atoms with Crippen LogP contribution in [0.1, 0.15) is 0 Å². The number of carboxylic acid groups (broad SMARTS) is 1. The van der Waals surface area contributed by atoms with Crippen LogP contribution >= 0.6 is 0 Å². The van der Waals surface area contributed by atoms with Gasteiger partial charge in [0.1, 0.15) is 6.54 Å². The molecule has 0 aromatic carbocycles. The van der Waals surface area contributed by atoms with E-state index in [1.807, 2.05) is 0 Å². The average Bonchev–Trinajstić information content (AvgIpc) is 2.72. The number of amides is 2. The molecule has 0 atom stereocenters. The average molecular weight is 210 g/mol. The van der Waals surface area contributed by atoms with Gasteiger partial charge in [-0.15, -0.1) is 0 Å². The zero-order valence-corrected chi connectivity index (χ0v) is 7.88. The van der Waals surface area contributed by atoms with Crippen molar-refractivity contribution in [3.8, 4) is 0 Å². The molecule has 7 nitrogen and oxygen atoms in total. The number of carbonyl (C=O) groups excluding carboxylic acids is 1. The minimum atomic E-state index is -0.962. The van der Waals surface area contributed by atoms with Crippen molar-refractivity contribution in [3.63, 3.8) is 0 Å². The molecule has 1 fully saturated rings. The van der Waals surface area contributed by atoms with E-state index in [1.165, 1.54) is 15.8 Å². The molecule has 0 unspecified atom stereocenters. The molecule has 1 aliphatic heterocycles. The van der Waals surface area contributed by atoms with Gasteiger partial charge in [0.05, 0.1) is 11.9 Å². The molecule has 1 aromatic heterocycles. The van der Waals surface area contributed by atoms with Crippen LogP contribution in [0.25, 0.3) is 0 Å². The molecule has 0 bridgehead atoms. The predicted octanol–water partition coefficient (Wildman–Crippen LogP) is -0.503. The summed E-state index contributed by atoms with van der Waals surface area (Å²) >= 11 is 0. The number of nitrogens with zero attached hydrogens (tertiary/aromatic N) is 3. The Morgan fingerprint density at radius 1 is 1.67 bits per heavy atom. The Balaban J connectivity index is 2.12. The Bertz CT molecular complexity index is 400. The first-order chi connectivity index (χ1) is 7.16. The molecule has 2 rings (SSSR count). The number of hydrogen-bond acceptors (Lipinski definition) is 3. The molecule has 0 spiro atoms. The fourth-order valence-corrected chi connectivity index (χ4v) is 1.44. The smallest absolute Gasteiger partial charge is 0.325 e. The topological polar surface area (TPSA) is 87.5 Å². The lowest BCUT2D eigenvalue weighted by Gasteiger charge is -2.09. The molecule has 1 aliphatic rings. The van der Waals surface area contributed by atoms with E-state index in [0.29, 0.717) is 18.8 Å². The Morgan fingerprint density at radius 3 is 3.07 bits per heavy atom. The van der Waals surface area contributed by atoms with Gasteiger partial charge in [0.25, 0.3) is 0 Å². The van der Waals surface area contributed by atoms with Gasteiger partial charge in [-0.1, -0.05) is 0 Å². The van der Waals surface area contributed by atoms with E-state index >= 15 is 0 Å². The summed E-state index contributed by atoms with van der Waals surface area (Å²) < 4.78 is 1.28. The number of urea groups is 1. The molecule has 1 saturated heterocycles. The lowest BCUT2D eigenvalue weighted by Crippen LogP contribution is -2.27. The van der Waals surface area contributed by atoms with E-state index in [-0.39, 0.29) is 12.6 Å². The van der Waals surface area contributed by atoms with E-state index < -0.39 is 5.97 Å². The molecule has 2 amide bonds. The van der Waals surface area contributed by atoms with E-state index in [1.54, 1.807) is 6.20 Å². The predicted molar refractivity (Wildman–Crippen MR) is 50.6 cm³/mol. The lowest BCUT2D eigenvalue weighted by atomic mass is 10.5. The summed E-state index contributed by atoms with van der Waals surface area (Å²) in [4.78, 5) is 23.2. The number of rotatable bonds is 3. The van der Waals surface area contributed by atoms with Crippen molar-refractivity contribution >= 4 is 17.7 Å². The van der Waals surface area contributed by atoms with Gasteiger partial charge < -0.3 is 10.4 Å². The van der Waals surface area contributed by atoms with Crippen molar-refractivity contribution < 1.29 is 14.7 Å². The summed E-state index contributed by atoms with van der Waals surface area (Å²) in [6, 6.07) is -0.176. The van der Waals surface area contributed by atoms with E-state index in [2.05, 4.69) is 10.4 Å².